The minimum Gasteiger partial charge on any atom is -0.377 e. The molecule has 0 aromatic carbocycles. The summed E-state index contributed by atoms with van der Waals surface area (Å²) in [7, 11) is 1.47. The first-order chi connectivity index (χ1) is 7.89. The number of carbonyl (C=O) groups excluding carboxylic acids is 2. The first-order valence-electron chi connectivity index (χ1n) is 5.81. The summed E-state index contributed by atoms with van der Waals surface area (Å²) in [6.07, 6.45) is 0.906. The fraction of sp³-hybridized carbons (Fsp3) is 0.818. The largest absolute Gasteiger partial charge is 0.377 e. The van der Waals surface area contributed by atoms with Gasteiger partial charge in [0, 0.05) is 19.2 Å². The molecule has 1 aliphatic rings. The molecule has 1 heterocycles. The van der Waals surface area contributed by atoms with Gasteiger partial charge in [-0.05, 0) is 27.2 Å². The third-order valence-corrected chi connectivity index (χ3v) is 3.29. The summed E-state index contributed by atoms with van der Waals surface area (Å²) in [5.41, 5.74) is -0.223. The molecule has 98 valence electrons. The number of carbonyl (C=O) groups is 2. The van der Waals surface area contributed by atoms with Crippen LogP contribution in [0.15, 0.2) is 0 Å². The molecule has 1 fully saturated rings. The van der Waals surface area contributed by atoms with Crippen molar-refractivity contribution in [2.24, 2.45) is 0 Å². The predicted molar refractivity (Wildman–Crippen MR) is 63.6 cm³/mol. The average molecular weight is 243 g/mol. The summed E-state index contributed by atoms with van der Waals surface area (Å²) >= 11 is 0. The molecule has 17 heavy (non-hydrogen) atoms. The topological polar surface area (TPSA) is 79.5 Å². The third kappa shape index (κ3) is 3.41. The summed E-state index contributed by atoms with van der Waals surface area (Å²) in [5.74, 6) is -0.343. The van der Waals surface area contributed by atoms with Crippen LogP contribution in [0, 0.1) is 0 Å². The Labute approximate surface area is 101 Å². The van der Waals surface area contributed by atoms with Gasteiger partial charge in [-0.2, -0.15) is 0 Å². The zero-order chi connectivity index (χ0) is 13.1. The summed E-state index contributed by atoms with van der Waals surface area (Å²) < 4.78 is 5.48. The second kappa shape index (κ2) is 5.46. The molecule has 0 saturated carbocycles. The molecule has 3 N–H and O–H groups in total. The molecule has 0 aromatic heterocycles. The number of hydrogen-bond donors (Lipinski definition) is 3. The van der Waals surface area contributed by atoms with Gasteiger partial charge < -0.3 is 10.1 Å². The van der Waals surface area contributed by atoms with Crippen molar-refractivity contribution >= 4 is 11.9 Å². The number of nitrogens with one attached hydrogen (secondary N) is 3. The standard InChI is InChI=1S/C11H21N3O3/c1-7(9(15)13-10(16)12-4)14-11(3)5-6-17-8(11)2/h7-8,14H,5-6H2,1-4H3,(H2,12,13,15,16). The highest BCUT2D eigenvalue weighted by atomic mass is 16.5. The quantitative estimate of drug-likeness (QED) is 0.651. The lowest BCUT2D eigenvalue weighted by atomic mass is 9.93. The van der Waals surface area contributed by atoms with Crippen LogP contribution >= 0.6 is 0 Å². The number of rotatable bonds is 3. The van der Waals surface area contributed by atoms with E-state index in [1.54, 1.807) is 6.92 Å². The van der Waals surface area contributed by atoms with E-state index in [1.807, 2.05) is 13.8 Å². The lowest BCUT2D eigenvalue weighted by molar-refractivity contribution is -0.122. The van der Waals surface area contributed by atoms with Crippen LogP contribution in [0.25, 0.3) is 0 Å². The van der Waals surface area contributed by atoms with Gasteiger partial charge in [0.25, 0.3) is 0 Å². The zero-order valence-corrected chi connectivity index (χ0v) is 10.8. The Morgan fingerprint density at radius 3 is 2.59 bits per heavy atom. The van der Waals surface area contributed by atoms with E-state index >= 15 is 0 Å². The number of amides is 3. The van der Waals surface area contributed by atoms with Gasteiger partial charge >= 0.3 is 6.03 Å². The van der Waals surface area contributed by atoms with Crippen LogP contribution in [0.3, 0.4) is 0 Å². The first kappa shape index (κ1) is 13.9. The van der Waals surface area contributed by atoms with Crippen molar-refractivity contribution in [1.29, 1.82) is 0 Å². The maximum atomic E-state index is 11.7. The average Bonchev–Trinajstić information content (AvgIpc) is 2.58. The Bertz CT molecular complexity index is 308. The van der Waals surface area contributed by atoms with E-state index in [0.29, 0.717) is 6.61 Å². The predicted octanol–water partition coefficient (Wildman–Crippen LogP) is -0.0124. The Morgan fingerprint density at radius 1 is 1.47 bits per heavy atom. The van der Waals surface area contributed by atoms with Gasteiger partial charge in [0.05, 0.1) is 12.1 Å². The van der Waals surface area contributed by atoms with Crippen molar-refractivity contribution in [3.8, 4) is 0 Å². The van der Waals surface area contributed by atoms with Gasteiger partial charge in [0.1, 0.15) is 0 Å². The molecule has 3 unspecified atom stereocenters. The Morgan fingerprint density at radius 2 is 2.12 bits per heavy atom. The van der Waals surface area contributed by atoms with Gasteiger partial charge in [-0.3, -0.25) is 15.4 Å². The lowest BCUT2D eigenvalue weighted by Gasteiger charge is -2.31. The van der Waals surface area contributed by atoms with E-state index in [4.69, 9.17) is 4.74 Å². The van der Waals surface area contributed by atoms with E-state index < -0.39 is 12.1 Å². The van der Waals surface area contributed by atoms with E-state index in [9.17, 15) is 9.59 Å². The number of urea groups is 1. The van der Waals surface area contributed by atoms with E-state index in [-0.39, 0.29) is 17.6 Å². The summed E-state index contributed by atoms with van der Waals surface area (Å²) in [6, 6.07) is -0.939. The van der Waals surface area contributed by atoms with Crippen molar-refractivity contribution in [1.82, 2.24) is 16.0 Å². The zero-order valence-electron chi connectivity index (χ0n) is 10.8. The van der Waals surface area contributed by atoms with Gasteiger partial charge in [0.2, 0.25) is 5.91 Å². The second-order valence-electron chi connectivity index (χ2n) is 4.61. The monoisotopic (exact) mass is 243 g/mol. The Hall–Kier alpha value is -1.14. The molecule has 1 rings (SSSR count). The highest BCUT2D eigenvalue weighted by Gasteiger charge is 2.38. The number of ether oxygens (including phenoxy) is 1. The van der Waals surface area contributed by atoms with Gasteiger partial charge in [0.15, 0.2) is 0 Å². The SMILES string of the molecule is CNC(=O)NC(=O)C(C)NC1(C)CCOC1C. The van der Waals surface area contributed by atoms with Crippen LogP contribution in [-0.2, 0) is 9.53 Å². The van der Waals surface area contributed by atoms with Crippen LogP contribution in [-0.4, -0.2) is 43.3 Å². The molecule has 6 heteroatoms. The van der Waals surface area contributed by atoms with E-state index in [0.717, 1.165) is 6.42 Å². The van der Waals surface area contributed by atoms with Gasteiger partial charge in [-0.25, -0.2) is 4.79 Å². The normalized spacial score (nSPS) is 29.8. The van der Waals surface area contributed by atoms with E-state index in [1.165, 1.54) is 7.05 Å². The molecule has 1 aliphatic heterocycles. The molecular weight excluding hydrogens is 222 g/mol. The maximum absolute atomic E-state index is 11.7. The molecule has 1 saturated heterocycles. The van der Waals surface area contributed by atoms with Crippen molar-refractivity contribution < 1.29 is 14.3 Å². The van der Waals surface area contributed by atoms with Crippen molar-refractivity contribution in [2.45, 2.75) is 44.9 Å². The smallest absolute Gasteiger partial charge is 0.321 e. The second-order valence-corrected chi connectivity index (χ2v) is 4.61. The van der Waals surface area contributed by atoms with Crippen molar-refractivity contribution in [3.63, 3.8) is 0 Å². The summed E-state index contributed by atoms with van der Waals surface area (Å²) in [4.78, 5) is 22.7. The number of hydrogen-bond acceptors (Lipinski definition) is 4. The molecule has 0 radical (unpaired) electrons. The highest BCUT2D eigenvalue weighted by Crippen LogP contribution is 2.25. The maximum Gasteiger partial charge on any atom is 0.321 e. The van der Waals surface area contributed by atoms with Crippen molar-refractivity contribution in [3.05, 3.63) is 0 Å². The molecular formula is C11H21N3O3. The van der Waals surface area contributed by atoms with Crippen LogP contribution in [0.2, 0.25) is 0 Å². The molecule has 0 spiro atoms. The van der Waals surface area contributed by atoms with Gasteiger partial charge in [-0.1, -0.05) is 0 Å². The van der Waals surface area contributed by atoms with Crippen LogP contribution in [0.5, 0.6) is 0 Å². The minimum atomic E-state index is -0.496. The molecule has 6 nitrogen and oxygen atoms in total. The molecule has 0 aliphatic carbocycles. The van der Waals surface area contributed by atoms with Crippen LogP contribution in [0.4, 0.5) is 4.79 Å². The van der Waals surface area contributed by atoms with Crippen molar-refractivity contribution in [2.75, 3.05) is 13.7 Å². The first-order valence-corrected chi connectivity index (χ1v) is 5.81. The van der Waals surface area contributed by atoms with E-state index in [2.05, 4.69) is 16.0 Å². The molecule has 0 bridgehead atoms. The minimum absolute atomic E-state index is 0.0535. The molecule has 3 amide bonds. The third-order valence-electron chi connectivity index (χ3n) is 3.29. The Kier molecular flexibility index (Phi) is 4.47. The summed E-state index contributed by atoms with van der Waals surface area (Å²) in [5, 5.41) is 7.80. The Balaban J connectivity index is 2.51. The fourth-order valence-electron chi connectivity index (χ4n) is 1.87. The fourth-order valence-corrected chi connectivity index (χ4v) is 1.87. The molecule has 3 atom stereocenters. The lowest BCUT2D eigenvalue weighted by Crippen LogP contribution is -2.57. The van der Waals surface area contributed by atoms with Crippen LogP contribution in [0.1, 0.15) is 27.2 Å². The van der Waals surface area contributed by atoms with Gasteiger partial charge in [-0.15, -0.1) is 0 Å². The number of imide groups is 1. The highest BCUT2D eigenvalue weighted by molar-refractivity contribution is 5.96. The summed E-state index contributed by atoms with van der Waals surface area (Å²) in [6.45, 7) is 6.42. The molecule has 0 aromatic rings. The van der Waals surface area contributed by atoms with Crippen LogP contribution < -0.4 is 16.0 Å².